The highest BCUT2D eigenvalue weighted by Gasteiger charge is 2.41. The minimum atomic E-state index is -0.522. The minimum absolute atomic E-state index is 0.0345. The van der Waals surface area contributed by atoms with Crippen molar-refractivity contribution in [2.45, 2.75) is 42.2 Å². The average Bonchev–Trinajstić information content (AvgIpc) is 3.37. The first-order valence-corrected chi connectivity index (χ1v) is 14.1. The molecule has 2 N–H and O–H groups in total. The normalized spacial score (nSPS) is 17.6. The van der Waals surface area contributed by atoms with E-state index in [1.54, 1.807) is 16.7 Å². The smallest absolute Gasteiger partial charge is 0.219 e. The van der Waals surface area contributed by atoms with Crippen LogP contribution in [0.4, 0.5) is 5.13 Å². The number of anilines is 1. The number of halogens is 1. The number of nitrogens with zero attached hydrogens (tertiary/aromatic N) is 4. The predicted molar refractivity (Wildman–Crippen MR) is 146 cm³/mol. The SMILES string of the molecule is CCOc1ccc([C@H]2C(C#N)=C(N)N(c3nnc(SCc4ccc(Cl)cc4)s3)C3=C2C(=O)CCC3)cc1. The van der Waals surface area contributed by atoms with Crippen molar-refractivity contribution in [3.8, 4) is 11.8 Å². The van der Waals surface area contributed by atoms with E-state index in [4.69, 9.17) is 22.1 Å². The van der Waals surface area contributed by atoms with Crippen LogP contribution in [0.25, 0.3) is 0 Å². The largest absolute Gasteiger partial charge is 0.494 e. The third kappa shape index (κ3) is 5.10. The molecule has 2 heterocycles. The first kappa shape index (κ1) is 25.3. The molecule has 0 saturated carbocycles. The molecule has 0 spiro atoms. The number of Topliss-reactive ketones (excluding diaryl/α,β-unsaturated/α-hetero) is 1. The van der Waals surface area contributed by atoms with Gasteiger partial charge in [-0.2, -0.15) is 5.26 Å². The van der Waals surface area contributed by atoms with Gasteiger partial charge in [-0.15, -0.1) is 10.2 Å². The van der Waals surface area contributed by atoms with Crippen molar-refractivity contribution in [1.82, 2.24) is 10.2 Å². The number of thioether (sulfide) groups is 1. The van der Waals surface area contributed by atoms with Gasteiger partial charge in [0.15, 0.2) is 10.1 Å². The molecule has 0 bridgehead atoms. The Kier molecular flexibility index (Phi) is 7.51. The minimum Gasteiger partial charge on any atom is -0.494 e. The molecule has 1 aliphatic carbocycles. The van der Waals surface area contributed by atoms with Crippen molar-refractivity contribution in [3.63, 3.8) is 0 Å². The van der Waals surface area contributed by atoms with E-state index in [1.807, 2.05) is 55.5 Å². The van der Waals surface area contributed by atoms with E-state index >= 15 is 0 Å². The van der Waals surface area contributed by atoms with Gasteiger partial charge in [0.25, 0.3) is 0 Å². The first-order valence-electron chi connectivity index (χ1n) is 11.9. The Morgan fingerprint density at radius 2 is 1.95 bits per heavy atom. The number of nitrogens with two attached hydrogens (primary N) is 1. The molecular formula is C27H24ClN5O2S2. The summed E-state index contributed by atoms with van der Waals surface area (Å²) in [4.78, 5) is 15.1. The van der Waals surface area contributed by atoms with Crippen LogP contribution in [0.15, 0.2) is 75.5 Å². The number of hydrogen-bond acceptors (Lipinski definition) is 9. The fraction of sp³-hybridized carbons (Fsp3) is 0.259. The number of ketones is 1. The van der Waals surface area contributed by atoms with E-state index in [0.29, 0.717) is 52.3 Å². The lowest BCUT2D eigenvalue weighted by atomic mass is 9.76. The molecule has 2 aromatic carbocycles. The molecule has 7 nitrogen and oxygen atoms in total. The zero-order valence-corrected chi connectivity index (χ0v) is 22.5. The standard InChI is InChI=1S/C27H24ClN5O2S2/c1-2-35-19-12-8-17(9-13-19)23-20(14-29)25(30)33(21-4-3-5-22(34)24(21)23)26-31-32-27(37-26)36-15-16-6-10-18(28)11-7-16/h6-13,23H,2-5,15,30H2,1H3/t23-/m0/s1. The van der Waals surface area contributed by atoms with E-state index < -0.39 is 5.92 Å². The van der Waals surface area contributed by atoms with Gasteiger partial charge in [0.2, 0.25) is 5.13 Å². The molecule has 0 saturated heterocycles. The first-order chi connectivity index (χ1) is 18.0. The number of aromatic nitrogens is 2. The van der Waals surface area contributed by atoms with Crippen LogP contribution in [-0.2, 0) is 10.5 Å². The second-order valence-electron chi connectivity index (χ2n) is 8.58. The number of hydrogen-bond donors (Lipinski definition) is 1. The van der Waals surface area contributed by atoms with E-state index in [2.05, 4.69) is 16.3 Å². The Labute approximate surface area is 228 Å². The number of carbonyl (C=O) groups is 1. The van der Waals surface area contributed by atoms with Gasteiger partial charge in [0.05, 0.1) is 24.2 Å². The van der Waals surface area contributed by atoms with Gasteiger partial charge in [0.1, 0.15) is 11.6 Å². The van der Waals surface area contributed by atoms with Gasteiger partial charge in [-0.05, 0) is 55.2 Å². The van der Waals surface area contributed by atoms with Crippen molar-refractivity contribution in [1.29, 1.82) is 5.26 Å². The van der Waals surface area contributed by atoms with Crippen LogP contribution < -0.4 is 15.4 Å². The van der Waals surface area contributed by atoms with Crippen LogP contribution in [0.3, 0.4) is 0 Å². The lowest BCUT2D eigenvalue weighted by Crippen LogP contribution is -2.38. The Balaban J connectivity index is 1.49. The molecule has 0 amide bonds. The maximum Gasteiger partial charge on any atom is 0.219 e. The van der Waals surface area contributed by atoms with Crippen molar-refractivity contribution in [2.75, 3.05) is 11.5 Å². The third-order valence-electron chi connectivity index (χ3n) is 6.30. The average molecular weight is 550 g/mol. The number of carbonyl (C=O) groups excluding carboxylic acids is 1. The molecule has 1 atom stereocenters. The topological polar surface area (TPSA) is 105 Å². The maximum atomic E-state index is 13.3. The van der Waals surface area contributed by atoms with E-state index in [-0.39, 0.29) is 5.78 Å². The molecule has 37 heavy (non-hydrogen) atoms. The number of ether oxygens (including phenoxy) is 1. The molecule has 2 aliphatic rings. The summed E-state index contributed by atoms with van der Waals surface area (Å²) in [5.74, 6) is 1.26. The van der Waals surface area contributed by atoms with Crippen LogP contribution >= 0.6 is 34.7 Å². The van der Waals surface area contributed by atoms with Crippen molar-refractivity contribution in [2.24, 2.45) is 5.73 Å². The van der Waals surface area contributed by atoms with E-state index in [0.717, 1.165) is 33.3 Å². The summed E-state index contributed by atoms with van der Waals surface area (Å²) in [6.45, 7) is 2.48. The van der Waals surface area contributed by atoms with Crippen molar-refractivity contribution < 1.29 is 9.53 Å². The summed E-state index contributed by atoms with van der Waals surface area (Å²) >= 11 is 8.94. The fourth-order valence-corrected chi connectivity index (χ4v) is 6.60. The van der Waals surface area contributed by atoms with Crippen LogP contribution in [0.1, 0.15) is 43.2 Å². The quantitative estimate of drug-likeness (QED) is 0.348. The van der Waals surface area contributed by atoms with Gasteiger partial charge < -0.3 is 10.5 Å². The molecule has 1 aromatic heterocycles. The molecule has 3 aromatic rings. The molecule has 5 rings (SSSR count). The van der Waals surface area contributed by atoms with Crippen LogP contribution in [-0.4, -0.2) is 22.6 Å². The highest BCUT2D eigenvalue weighted by Crippen LogP contribution is 2.47. The second-order valence-corrected chi connectivity index (χ2v) is 11.2. The molecule has 188 valence electrons. The lowest BCUT2D eigenvalue weighted by molar-refractivity contribution is -0.116. The van der Waals surface area contributed by atoms with E-state index in [9.17, 15) is 10.1 Å². The number of rotatable bonds is 7. The highest BCUT2D eigenvalue weighted by atomic mass is 35.5. The highest BCUT2D eigenvalue weighted by molar-refractivity contribution is 8.00. The van der Waals surface area contributed by atoms with Crippen LogP contribution in [0, 0.1) is 11.3 Å². The molecule has 1 aliphatic heterocycles. The Morgan fingerprint density at radius 3 is 2.65 bits per heavy atom. The summed E-state index contributed by atoms with van der Waals surface area (Å²) < 4.78 is 6.34. The van der Waals surface area contributed by atoms with Crippen LogP contribution in [0.5, 0.6) is 5.75 Å². The number of benzene rings is 2. The second kappa shape index (κ2) is 11.0. The van der Waals surface area contributed by atoms with Gasteiger partial charge in [-0.3, -0.25) is 9.69 Å². The number of nitriles is 1. The summed E-state index contributed by atoms with van der Waals surface area (Å²) in [5, 5.41) is 20.2. The lowest BCUT2D eigenvalue weighted by Gasteiger charge is -2.38. The Bertz CT molecular complexity index is 1420. The van der Waals surface area contributed by atoms with E-state index in [1.165, 1.54) is 11.3 Å². The Morgan fingerprint density at radius 1 is 1.19 bits per heavy atom. The summed E-state index contributed by atoms with van der Waals surface area (Å²) in [7, 11) is 0. The molecule has 0 unspecified atom stereocenters. The zero-order valence-electron chi connectivity index (χ0n) is 20.1. The third-order valence-corrected chi connectivity index (χ3v) is 8.67. The predicted octanol–water partition coefficient (Wildman–Crippen LogP) is 6.19. The summed E-state index contributed by atoms with van der Waals surface area (Å²) in [6.07, 6.45) is 1.83. The Hall–Kier alpha value is -3.32. The molecule has 0 radical (unpaired) electrons. The number of allylic oxidation sites excluding steroid dienone is 3. The van der Waals surface area contributed by atoms with Crippen molar-refractivity contribution >= 4 is 45.6 Å². The van der Waals surface area contributed by atoms with Crippen LogP contribution in [0.2, 0.25) is 5.02 Å². The monoisotopic (exact) mass is 549 g/mol. The van der Waals surface area contributed by atoms with Crippen molar-refractivity contribution in [3.05, 3.63) is 87.3 Å². The molecular weight excluding hydrogens is 526 g/mol. The van der Waals surface area contributed by atoms with Gasteiger partial charge >= 0.3 is 0 Å². The summed E-state index contributed by atoms with van der Waals surface area (Å²) in [5.41, 5.74) is 10.4. The fourth-order valence-electron chi connectivity index (χ4n) is 4.64. The molecule has 0 fully saturated rings. The van der Waals surface area contributed by atoms with Gasteiger partial charge in [-0.1, -0.05) is 59.0 Å². The van der Waals surface area contributed by atoms with Gasteiger partial charge in [-0.25, -0.2) is 0 Å². The molecule has 10 heteroatoms. The zero-order chi connectivity index (χ0) is 25.9. The summed E-state index contributed by atoms with van der Waals surface area (Å²) in [6, 6.07) is 17.5. The maximum absolute atomic E-state index is 13.3. The van der Waals surface area contributed by atoms with Gasteiger partial charge in [0, 0.05) is 28.5 Å².